The maximum Gasteiger partial charge on any atom is 0.179 e. The average Bonchev–Trinajstić information content (AvgIpc) is 2.95. The van der Waals surface area contributed by atoms with Crippen molar-refractivity contribution in [3.05, 3.63) is 21.9 Å². The van der Waals surface area contributed by atoms with Crippen molar-refractivity contribution in [1.82, 2.24) is 24.5 Å². The second-order valence-corrected chi connectivity index (χ2v) is 5.14. The molecule has 92 valence electrons. The Balaban J connectivity index is 2.19. The van der Waals surface area contributed by atoms with Crippen molar-refractivity contribution in [3.8, 4) is 10.7 Å². The van der Waals surface area contributed by atoms with Crippen molar-refractivity contribution in [2.24, 2.45) is 0 Å². The van der Waals surface area contributed by atoms with E-state index in [-0.39, 0.29) is 5.15 Å². The van der Waals surface area contributed by atoms with Gasteiger partial charge in [0.1, 0.15) is 10.0 Å². The van der Waals surface area contributed by atoms with E-state index >= 15 is 0 Å². The fourth-order valence-electron chi connectivity index (χ4n) is 1.62. The zero-order chi connectivity index (χ0) is 12.7. The Hall–Kier alpha value is -1.24. The van der Waals surface area contributed by atoms with Crippen molar-refractivity contribution in [2.45, 2.75) is 13.3 Å². The highest BCUT2D eigenvalue weighted by Gasteiger charge is 2.14. The van der Waals surface area contributed by atoms with Gasteiger partial charge in [0.15, 0.2) is 11.5 Å². The van der Waals surface area contributed by atoms with E-state index in [4.69, 9.17) is 23.2 Å². The summed E-state index contributed by atoms with van der Waals surface area (Å²) in [7, 11) is 0. The molecule has 0 spiro atoms. The Morgan fingerprint density at radius 3 is 2.94 bits per heavy atom. The molecule has 3 aromatic heterocycles. The minimum atomic E-state index is 0.250. The summed E-state index contributed by atoms with van der Waals surface area (Å²) in [6.07, 6.45) is 0.803. The molecule has 0 saturated carbocycles. The summed E-state index contributed by atoms with van der Waals surface area (Å²) >= 11 is 13.1. The molecule has 18 heavy (non-hydrogen) atoms. The lowest BCUT2D eigenvalue weighted by Crippen LogP contribution is -1.85. The molecule has 0 aliphatic carbocycles. The topological polar surface area (TPSA) is 67.3 Å². The summed E-state index contributed by atoms with van der Waals surface area (Å²) in [5, 5.41) is 4.70. The Bertz CT molecular complexity index is 681. The lowest BCUT2D eigenvalue weighted by atomic mass is 10.3. The zero-order valence-corrected chi connectivity index (χ0v) is 11.6. The Kier molecular flexibility index (Phi) is 2.93. The van der Waals surface area contributed by atoms with E-state index in [1.54, 1.807) is 6.07 Å². The smallest absolute Gasteiger partial charge is 0.179 e. The predicted molar refractivity (Wildman–Crippen MR) is 72.2 cm³/mol. The van der Waals surface area contributed by atoms with E-state index in [0.717, 1.165) is 22.5 Å². The van der Waals surface area contributed by atoms with Gasteiger partial charge >= 0.3 is 0 Å². The number of nitrogens with one attached hydrogen (secondary N) is 1. The molecule has 0 atom stereocenters. The first-order chi connectivity index (χ1) is 8.69. The highest BCUT2D eigenvalue weighted by molar-refractivity contribution is 7.09. The minimum Gasteiger partial charge on any atom is -0.336 e. The highest BCUT2D eigenvalue weighted by Crippen LogP contribution is 2.28. The number of hydrogen-bond donors (Lipinski definition) is 1. The third-order valence-corrected chi connectivity index (χ3v) is 3.94. The maximum absolute atomic E-state index is 5.92. The summed E-state index contributed by atoms with van der Waals surface area (Å²) in [6, 6.07) is 1.71. The van der Waals surface area contributed by atoms with Crippen LogP contribution in [0.2, 0.25) is 10.2 Å². The number of aryl methyl sites for hydroxylation is 1. The molecular weight excluding hydrogens is 293 g/mol. The lowest BCUT2D eigenvalue weighted by Gasteiger charge is -1.92. The van der Waals surface area contributed by atoms with E-state index in [1.807, 2.05) is 6.92 Å². The van der Waals surface area contributed by atoms with Crippen molar-refractivity contribution in [1.29, 1.82) is 0 Å². The summed E-state index contributed by atoms with van der Waals surface area (Å²) in [4.78, 5) is 12.6. The number of aromatic amines is 1. The number of halogens is 2. The molecule has 3 heterocycles. The molecule has 0 aromatic carbocycles. The van der Waals surface area contributed by atoms with Gasteiger partial charge in [0.2, 0.25) is 0 Å². The number of fused-ring (bicyclic) bond motifs is 1. The largest absolute Gasteiger partial charge is 0.336 e. The van der Waals surface area contributed by atoms with Gasteiger partial charge in [0.25, 0.3) is 0 Å². The quantitative estimate of drug-likeness (QED) is 0.737. The molecule has 0 aliphatic rings. The van der Waals surface area contributed by atoms with E-state index in [1.165, 1.54) is 11.5 Å². The van der Waals surface area contributed by atoms with Crippen LogP contribution in [0.5, 0.6) is 0 Å². The first-order valence-electron chi connectivity index (χ1n) is 5.22. The van der Waals surface area contributed by atoms with Gasteiger partial charge in [-0.1, -0.05) is 34.6 Å². The molecular formula is C10H7Cl2N5S. The van der Waals surface area contributed by atoms with Crippen molar-refractivity contribution >= 4 is 45.9 Å². The third-order valence-electron chi connectivity index (χ3n) is 2.49. The maximum atomic E-state index is 5.92. The number of imidazole rings is 1. The lowest BCUT2D eigenvalue weighted by molar-refractivity contribution is 0.990. The summed E-state index contributed by atoms with van der Waals surface area (Å²) in [6.45, 7) is 2.02. The monoisotopic (exact) mass is 299 g/mol. The van der Waals surface area contributed by atoms with Crippen LogP contribution in [0.15, 0.2) is 6.07 Å². The van der Waals surface area contributed by atoms with Crippen LogP contribution in [0.4, 0.5) is 0 Å². The van der Waals surface area contributed by atoms with Crippen LogP contribution in [-0.2, 0) is 6.42 Å². The molecule has 0 radical (unpaired) electrons. The van der Waals surface area contributed by atoms with Gasteiger partial charge in [-0.05, 0) is 24.0 Å². The van der Waals surface area contributed by atoms with E-state index in [2.05, 4.69) is 24.5 Å². The van der Waals surface area contributed by atoms with Crippen molar-refractivity contribution in [2.75, 3.05) is 0 Å². The van der Waals surface area contributed by atoms with Gasteiger partial charge in [-0.2, -0.15) is 0 Å². The third kappa shape index (κ3) is 1.86. The second kappa shape index (κ2) is 4.46. The van der Waals surface area contributed by atoms with Crippen LogP contribution in [-0.4, -0.2) is 24.5 Å². The number of H-pyrrole nitrogens is 1. The average molecular weight is 300 g/mol. The second-order valence-electron chi connectivity index (χ2n) is 3.62. The summed E-state index contributed by atoms with van der Waals surface area (Å²) in [5.41, 5.74) is 2.20. The molecule has 3 aromatic rings. The predicted octanol–water partition coefficient (Wildman–Crippen LogP) is 3.35. The highest BCUT2D eigenvalue weighted by atomic mass is 35.5. The normalized spacial score (nSPS) is 11.3. The SMILES string of the molecule is CCc1nnsc1-c1nc2nc(Cl)c(Cl)cc2[nH]1. The van der Waals surface area contributed by atoms with Crippen LogP contribution >= 0.6 is 34.7 Å². The number of rotatable bonds is 2. The number of nitrogens with zero attached hydrogens (tertiary/aromatic N) is 4. The van der Waals surface area contributed by atoms with E-state index < -0.39 is 0 Å². The first kappa shape index (κ1) is 11.8. The minimum absolute atomic E-state index is 0.250. The van der Waals surface area contributed by atoms with E-state index in [0.29, 0.717) is 16.5 Å². The number of aromatic nitrogens is 5. The number of pyridine rings is 1. The molecule has 0 unspecified atom stereocenters. The molecule has 5 nitrogen and oxygen atoms in total. The molecule has 8 heteroatoms. The van der Waals surface area contributed by atoms with Crippen molar-refractivity contribution in [3.63, 3.8) is 0 Å². The zero-order valence-electron chi connectivity index (χ0n) is 9.24. The van der Waals surface area contributed by atoms with E-state index in [9.17, 15) is 0 Å². The standard InChI is InChI=1S/C10H7Cl2N5S/c1-2-5-7(18-17-16-5)10-13-6-3-4(11)8(12)14-9(6)15-10/h3H,2H2,1H3,(H,13,14,15). The fourth-order valence-corrected chi connectivity index (χ4v) is 2.60. The van der Waals surface area contributed by atoms with Crippen LogP contribution in [0, 0.1) is 0 Å². The van der Waals surface area contributed by atoms with Gasteiger partial charge < -0.3 is 4.98 Å². The molecule has 3 rings (SSSR count). The molecule has 0 saturated heterocycles. The fraction of sp³-hybridized carbons (Fsp3) is 0.200. The molecule has 0 fully saturated rings. The Labute approximate surface area is 116 Å². The Morgan fingerprint density at radius 2 is 2.17 bits per heavy atom. The number of hydrogen-bond acceptors (Lipinski definition) is 5. The van der Waals surface area contributed by atoms with Gasteiger partial charge in [-0.3, -0.25) is 0 Å². The van der Waals surface area contributed by atoms with Crippen molar-refractivity contribution < 1.29 is 0 Å². The summed E-state index contributed by atoms with van der Waals surface area (Å²) < 4.78 is 3.93. The molecule has 0 bridgehead atoms. The molecule has 1 N–H and O–H groups in total. The molecule has 0 aliphatic heterocycles. The summed E-state index contributed by atoms with van der Waals surface area (Å²) in [5.74, 6) is 0.697. The first-order valence-corrected chi connectivity index (χ1v) is 6.75. The van der Waals surface area contributed by atoms with Crippen LogP contribution in [0.3, 0.4) is 0 Å². The van der Waals surface area contributed by atoms with Gasteiger partial charge in [-0.25, -0.2) is 9.97 Å². The van der Waals surface area contributed by atoms with Gasteiger partial charge in [0, 0.05) is 0 Å². The van der Waals surface area contributed by atoms with Crippen LogP contribution in [0.25, 0.3) is 21.9 Å². The molecule has 0 amide bonds. The van der Waals surface area contributed by atoms with Crippen LogP contribution in [0.1, 0.15) is 12.6 Å². The van der Waals surface area contributed by atoms with Crippen LogP contribution < -0.4 is 0 Å². The Morgan fingerprint density at radius 1 is 1.33 bits per heavy atom. The van der Waals surface area contributed by atoms with Gasteiger partial charge in [0.05, 0.1) is 16.2 Å². The van der Waals surface area contributed by atoms with Gasteiger partial charge in [-0.15, -0.1) is 5.10 Å².